The molecule has 12 nitrogen and oxygen atoms in total. The highest BCUT2D eigenvalue weighted by Gasteiger charge is 2.31. The second-order valence-corrected chi connectivity index (χ2v) is 13.8. The van der Waals surface area contributed by atoms with Crippen LogP contribution in [-0.2, 0) is 19.8 Å². The molecule has 5 rings (SSSR count). The molecule has 49 heavy (non-hydrogen) atoms. The van der Waals surface area contributed by atoms with Gasteiger partial charge in [-0.05, 0) is 37.3 Å². The van der Waals surface area contributed by atoms with Crippen molar-refractivity contribution in [1.82, 2.24) is 19.7 Å². The SMILES string of the molecule is Cc1ccc(-n2nc(C(C)(C)CF)cc2NC(=O)N(OS(C)(=O)=O)c2ccnc(OC3CCN(C(=O)c4c(F)cccc4F)CC3)c2)cc1. The van der Waals surface area contributed by atoms with E-state index in [4.69, 9.17) is 9.02 Å². The molecule has 3 heterocycles. The average Bonchev–Trinajstić information content (AvgIpc) is 3.48. The maximum atomic E-state index is 14.2. The maximum Gasteiger partial charge on any atom is 0.352 e. The van der Waals surface area contributed by atoms with E-state index < -0.39 is 57.4 Å². The van der Waals surface area contributed by atoms with Crippen molar-refractivity contribution in [3.63, 3.8) is 0 Å². The number of piperidine rings is 1. The lowest BCUT2D eigenvalue weighted by Gasteiger charge is -2.32. The zero-order valence-corrected chi connectivity index (χ0v) is 28.0. The fourth-order valence-corrected chi connectivity index (χ4v) is 5.46. The number of halogens is 3. The van der Waals surface area contributed by atoms with Gasteiger partial charge < -0.3 is 9.64 Å². The Morgan fingerprint density at radius 3 is 2.31 bits per heavy atom. The van der Waals surface area contributed by atoms with Crippen molar-refractivity contribution >= 4 is 33.6 Å². The van der Waals surface area contributed by atoms with E-state index in [1.54, 1.807) is 26.0 Å². The first-order chi connectivity index (χ1) is 23.1. The molecule has 0 spiro atoms. The molecule has 1 aliphatic heterocycles. The number of nitrogens with one attached hydrogen (secondary N) is 1. The first-order valence-electron chi connectivity index (χ1n) is 15.3. The molecule has 1 saturated heterocycles. The van der Waals surface area contributed by atoms with E-state index in [1.807, 2.05) is 19.1 Å². The summed E-state index contributed by atoms with van der Waals surface area (Å²) in [5.74, 6) is -2.52. The number of carbonyl (C=O) groups is 2. The number of likely N-dealkylation sites (tertiary alicyclic amines) is 1. The van der Waals surface area contributed by atoms with E-state index in [2.05, 4.69) is 15.4 Å². The predicted octanol–water partition coefficient (Wildman–Crippen LogP) is 5.71. The van der Waals surface area contributed by atoms with Crippen molar-refractivity contribution in [2.24, 2.45) is 0 Å². The number of ether oxygens (including phenoxy) is 1. The zero-order chi connectivity index (χ0) is 35.5. The molecule has 0 radical (unpaired) electrons. The first kappa shape index (κ1) is 35.3. The molecule has 2 aromatic carbocycles. The third kappa shape index (κ3) is 8.37. The number of hydroxylamine groups is 1. The van der Waals surface area contributed by atoms with Crippen LogP contribution in [0.1, 0.15) is 48.3 Å². The number of nitrogens with zero attached hydrogens (tertiary/aromatic N) is 5. The second kappa shape index (κ2) is 14.3. The number of pyridine rings is 1. The van der Waals surface area contributed by atoms with Gasteiger partial charge in [0.2, 0.25) is 5.88 Å². The minimum absolute atomic E-state index is 0.0222. The van der Waals surface area contributed by atoms with Crippen LogP contribution in [0.5, 0.6) is 5.88 Å². The molecule has 0 unspecified atom stereocenters. The number of urea groups is 1. The number of benzene rings is 2. The van der Waals surface area contributed by atoms with Gasteiger partial charge in [-0.2, -0.15) is 18.6 Å². The average molecular weight is 701 g/mol. The third-order valence-electron chi connectivity index (χ3n) is 7.79. The summed E-state index contributed by atoms with van der Waals surface area (Å²) in [6, 6.07) is 13.5. The summed E-state index contributed by atoms with van der Waals surface area (Å²) in [5, 5.41) is 7.66. The maximum absolute atomic E-state index is 14.2. The van der Waals surface area contributed by atoms with E-state index >= 15 is 0 Å². The van der Waals surface area contributed by atoms with Crippen LogP contribution in [0, 0.1) is 18.6 Å². The van der Waals surface area contributed by atoms with Crippen molar-refractivity contribution < 1.29 is 40.2 Å². The van der Waals surface area contributed by atoms with Gasteiger partial charge in [0.1, 0.15) is 35.8 Å². The van der Waals surface area contributed by atoms with Crippen molar-refractivity contribution in [3.8, 4) is 11.6 Å². The smallest absolute Gasteiger partial charge is 0.352 e. The van der Waals surface area contributed by atoms with Gasteiger partial charge in [0.05, 0.1) is 23.3 Å². The van der Waals surface area contributed by atoms with Gasteiger partial charge in [-0.25, -0.2) is 23.2 Å². The number of alkyl halides is 1. The Morgan fingerprint density at radius 2 is 1.69 bits per heavy atom. The van der Waals surface area contributed by atoms with Crippen molar-refractivity contribution in [2.75, 3.05) is 36.4 Å². The molecule has 0 bridgehead atoms. The molecule has 0 aliphatic carbocycles. The van der Waals surface area contributed by atoms with Crippen molar-refractivity contribution in [1.29, 1.82) is 0 Å². The van der Waals surface area contributed by atoms with Crippen LogP contribution in [0.15, 0.2) is 66.9 Å². The van der Waals surface area contributed by atoms with Crippen LogP contribution in [0.25, 0.3) is 5.69 Å². The minimum atomic E-state index is -4.24. The van der Waals surface area contributed by atoms with E-state index in [0.717, 1.165) is 24.0 Å². The predicted molar refractivity (Wildman–Crippen MR) is 175 cm³/mol. The van der Waals surface area contributed by atoms with E-state index in [1.165, 1.54) is 40.0 Å². The molecule has 3 amide bonds. The van der Waals surface area contributed by atoms with Gasteiger partial charge in [0.25, 0.3) is 16.0 Å². The second-order valence-electron chi connectivity index (χ2n) is 12.2. The van der Waals surface area contributed by atoms with Crippen LogP contribution >= 0.6 is 0 Å². The monoisotopic (exact) mass is 700 g/mol. The number of rotatable bonds is 10. The first-order valence-corrected chi connectivity index (χ1v) is 17.1. The Bertz CT molecular complexity index is 1930. The largest absolute Gasteiger partial charge is 0.474 e. The Labute approximate surface area is 281 Å². The van der Waals surface area contributed by atoms with Gasteiger partial charge in [-0.15, -0.1) is 4.28 Å². The summed E-state index contributed by atoms with van der Waals surface area (Å²) in [6.07, 6.45) is 2.20. The molecule has 0 saturated carbocycles. The minimum Gasteiger partial charge on any atom is -0.474 e. The fourth-order valence-electron chi connectivity index (χ4n) is 5.04. The fraction of sp³-hybridized carbons (Fsp3) is 0.333. The van der Waals surface area contributed by atoms with Crippen LogP contribution in [0.4, 0.5) is 29.5 Å². The summed E-state index contributed by atoms with van der Waals surface area (Å²) >= 11 is 0. The number of hydrogen-bond donors (Lipinski definition) is 1. The summed E-state index contributed by atoms with van der Waals surface area (Å²) in [5.41, 5.74) is 0.210. The van der Waals surface area contributed by atoms with Crippen LogP contribution < -0.4 is 15.1 Å². The van der Waals surface area contributed by atoms with Gasteiger partial charge in [0.15, 0.2) is 0 Å². The lowest BCUT2D eigenvalue weighted by molar-refractivity contribution is 0.0579. The Balaban J connectivity index is 1.35. The van der Waals surface area contributed by atoms with E-state index in [-0.39, 0.29) is 30.5 Å². The molecule has 0 atom stereocenters. The molecule has 16 heteroatoms. The molecule has 2 aromatic heterocycles. The number of amides is 3. The van der Waals surface area contributed by atoms with E-state index in [0.29, 0.717) is 29.3 Å². The number of aryl methyl sites for hydroxylation is 1. The summed E-state index contributed by atoms with van der Waals surface area (Å²) in [6.45, 7) is 4.79. The van der Waals surface area contributed by atoms with Gasteiger partial charge in [-0.1, -0.05) is 37.6 Å². The molecule has 1 N–H and O–H groups in total. The molecule has 4 aromatic rings. The van der Waals surface area contributed by atoms with Crippen molar-refractivity contribution in [3.05, 3.63) is 95.3 Å². The quantitative estimate of drug-likeness (QED) is 0.208. The molecular formula is C33H35F3N6O6S. The van der Waals surface area contributed by atoms with Crippen LogP contribution in [0.2, 0.25) is 0 Å². The van der Waals surface area contributed by atoms with Crippen LogP contribution in [-0.4, -0.2) is 72.1 Å². The number of aromatic nitrogens is 3. The Kier molecular flexibility index (Phi) is 10.3. The topological polar surface area (TPSA) is 136 Å². The van der Waals surface area contributed by atoms with Crippen LogP contribution in [0.3, 0.4) is 0 Å². The van der Waals surface area contributed by atoms with Gasteiger partial charge >= 0.3 is 6.03 Å². The number of anilines is 2. The van der Waals surface area contributed by atoms with Gasteiger partial charge in [0, 0.05) is 49.7 Å². The van der Waals surface area contributed by atoms with E-state index in [9.17, 15) is 31.2 Å². The lowest BCUT2D eigenvalue weighted by Crippen LogP contribution is -2.42. The van der Waals surface area contributed by atoms with Gasteiger partial charge in [-0.3, -0.25) is 14.5 Å². The summed E-state index contributed by atoms with van der Waals surface area (Å²) in [4.78, 5) is 32.0. The Hall–Kier alpha value is -4.96. The normalized spacial score (nSPS) is 14.1. The van der Waals surface area contributed by atoms with Crippen molar-refractivity contribution in [2.45, 2.75) is 45.1 Å². The standard InChI is InChI=1S/C33H35F3N6O6S/c1-21-8-10-22(11-9-21)41-28(19-27(39-41)33(2,3)20-34)38-32(44)42(48-49(4,45)46)23-12-15-37-29(18-23)47-24-13-16-40(17-14-24)31(43)30-25(35)6-5-7-26(30)36/h5-12,15,18-19,24H,13-14,16-17,20H2,1-4H3,(H,38,44). The summed E-state index contributed by atoms with van der Waals surface area (Å²) < 4.78 is 79.2. The Morgan fingerprint density at radius 1 is 1.04 bits per heavy atom. The number of hydrogen-bond acceptors (Lipinski definition) is 8. The molecular weight excluding hydrogens is 665 g/mol. The molecule has 1 aliphatic rings. The molecule has 1 fully saturated rings. The number of carbonyl (C=O) groups excluding carboxylic acids is 2. The molecule has 260 valence electrons. The summed E-state index contributed by atoms with van der Waals surface area (Å²) in [7, 11) is -4.24. The highest BCUT2D eigenvalue weighted by Crippen LogP contribution is 2.29. The third-order valence-corrected chi connectivity index (χ3v) is 8.21. The lowest BCUT2D eigenvalue weighted by atomic mass is 9.91. The highest BCUT2D eigenvalue weighted by atomic mass is 32.2. The zero-order valence-electron chi connectivity index (χ0n) is 27.2. The highest BCUT2D eigenvalue weighted by molar-refractivity contribution is 7.86.